The number of likely N-dealkylation sites (tertiary alicyclic amines) is 1. The summed E-state index contributed by atoms with van der Waals surface area (Å²) in [6, 6.07) is 0. The number of amides is 1. The molecule has 1 unspecified atom stereocenters. The molecule has 0 saturated carbocycles. The lowest BCUT2D eigenvalue weighted by atomic mass is 10.0. The minimum Gasteiger partial charge on any atom is -0.341 e. The van der Waals surface area contributed by atoms with Gasteiger partial charge in [-0.3, -0.25) is 14.4 Å². The van der Waals surface area contributed by atoms with Crippen molar-refractivity contribution in [2.45, 2.75) is 26.3 Å². The van der Waals surface area contributed by atoms with E-state index >= 15 is 0 Å². The quantitative estimate of drug-likeness (QED) is 0.818. The van der Waals surface area contributed by atoms with Crippen molar-refractivity contribution >= 4 is 5.91 Å². The second-order valence-electron chi connectivity index (χ2n) is 5.78. The summed E-state index contributed by atoms with van der Waals surface area (Å²) < 4.78 is 1.79. The predicted octanol–water partition coefficient (Wildman–Crippen LogP) is 1.11. The molecule has 0 aromatic carbocycles. The summed E-state index contributed by atoms with van der Waals surface area (Å²) >= 11 is 0. The van der Waals surface area contributed by atoms with E-state index < -0.39 is 0 Å². The van der Waals surface area contributed by atoms with Gasteiger partial charge in [-0.05, 0) is 25.8 Å². The SMILES string of the molecule is CC1CCCN(C(=O)CN(C)Cc2cnn(C)c2)C1. The largest absolute Gasteiger partial charge is 0.341 e. The third-order valence-corrected chi connectivity index (χ3v) is 3.63. The zero-order valence-electron chi connectivity index (χ0n) is 12.2. The smallest absolute Gasteiger partial charge is 0.236 e. The molecule has 0 radical (unpaired) electrons. The van der Waals surface area contributed by atoms with Gasteiger partial charge in [-0.25, -0.2) is 0 Å². The first-order chi connectivity index (χ1) is 9.04. The predicted molar refractivity (Wildman–Crippen MR) is 74.5 cm³/mol. The zero-order chi connectivity index (χ0) is 13.8. The van der Waals surface area contributed by atoms with Crippen LogP contribution in [0.5, 0.6) is 0 Å². The van der Waals surface area contributed by atoms with E-state index in [1.807, 2.05) is 31.4 Å². The first kappa shape index (κ1) is 14.1. The second-order valence-corrected chi connectivity index (χ2v) is 5.78. The van der Waals surface area contributed by atoms with Crippen LogP contribution < -0.4 is 0 Å². The number of carbonyl (C=O) groups excluding carboxylic acids is 1. The Morgan fingerprint density at radius 3 is 3.00 bits per heavy atom. The summed E-state index contributed by atoms with van der Waals surface area (Å²) in [6.07, 6.45) is 6.22. The Bertz CT molecular complexity index is 429. The fourth-order valence-electron chi connectivity index (χ4n) is 2.67. The van der Waals surface area contributed by atoms with Gasteiger partial charge < -0.3 is 4.90 Å². The molecule has 19 heavy (non-hydrogen) atoms. The number of aromatic nitrogens is 2. The minimum atomic E-state index is 0.248. The van der Waals surface area contributed by atoms with Crippen LogP contribution in [0, 0.1) is 5.92 Å². The summed E-state index contributed by atoms with van der Waals surface area (Å²) in [6.45, 7) is 5.31. The van der Waals surface area contributed by atoms with Crippen molar-refractivity contribution in [2.75, 3.05) is 26.7 Å². The van der Waals surface area contributed by atoms with Crippen LogP contribution in [0.1, 0.15) is 25.3 Å². The molecule has 5 nitrogen and oxygen atoms in total. The van der Waals surface area contributed by atoms with Crippen LogP contribution >= 0.6 is 0 Å². The Morgan fingerprint density at radius 2 is 2.37 bits per heavy atom. The first-order valence-corrected chi connectivity index (χ1v) is 6.98. The van der Waals surface area contributed by atoms with Crippen molar-refractivity contribution in [1.29, 1.82) is 0 Å². The lowest BCUT2D eigenvalue weighted by Crippen LogP contribution is -2.43. The molecular weight excluding hydrogens is 240 g/mol. The molecule has 0 bridgehead atoms. The van der Waals surface area contributed by atoms with Gasteiger partial charge in [0.1, 0.15) is 0 Å². The Morgan fingerprint density at radius 1 is 1.58 bits per heavy atom. The van der Waals surface area contributed by atoms with Gasteiger partial charge in [0.15, 0.2) is 0 Å². The maximum absolute atomic E-state index is 12.2. The molecule has 1 aliphatic rings. The van der Waals surface area contributed by atoms with Gasteiger partial charge in [0.2, 0.25) is 5.91 Å². The monoisotopic (exact) mass is 264 g/mol. The minimum absolute atomic E-state index is 0.248. The van der Waals surface area contributed by atoms with E-state index in [1.54, 1.807) is 4.68 Å². The third kappa shape index (κ3) is 4.06. The highest BCUT2D eigenvalue weighted by molar-refractivity contribution is 5.78. The van der Waals surface area contributed by atoms with Crippen molar-refractivity contribution in [3.8, 4) is 0 Å². The molecule has 1 aromatic heterocycles. The number of carbonyl (C=O) groups is 1. The van der Waals surface area contributed by atoms with E-state index in [4.69, 9.17) is 0 Å². The van der Waals surface area contributed by atoms with Crippen LogP contribution in [0.4, 0.5) is 0 Å². The maximum Gasteiger partial charge on any atom is 0.236 e. The fourth-order valence-corrected chi connectivity index (χ4v) is 2.67. The van der Waals surface area contributed by atoms with E-state index in [1.165, 1.54) is 6.42 Å². The van der Waals surface area contributed by atoms with Gasteiger partial charge in [-0.1, -0.05) is 6.92 Å². The highest BCUT2D eigenvalue weighted by Gasteiger charge is 2.21. The normalized spacial score (nSPS) is 20.0. The molecule has 5 heteroatoms. The van der Waals surface area contributed by atoms with E-state index in [0.29, 0.717) is 12.5 Å². The number of piperidine rings is 1. The van der Waals surface area contributed by atoms with Gasteiger partial charge in [-0.2, -0.15) is 5.10 Å². The Balaban J connectivity index is 1.81. The van der Waals surface area contributed by atoms with Gasteiger partial charge in [-0.15, -0.1) is 0 Å². The van der Waals surface area contributed by atoms with Gasteiger partial charge >= 0.3 is 0 Å². The number of rotatable bonds is 4. The summed E-state index contributed by atoms with van der Waals surface area (Å²) in [5.41, 5.74) is 1.14. The summed E-state index contributed by atoms with van der Waals surface area (Å²) in [5.74, 6) is 0.888. The number of hydrogen-bond acceptors (Lipinski definition) is 3. The Hall–Kier alpha value is -1.36. The van der Waals surface area contributed by atoms with Crippen LogP contribution in [-0.2, 0) is 18.4 Å². The zero-order valence-corrected chi connectivity index (χ0v) is 12.2. The molecule has 0 aliphatic carbocycles. The average Bonchev–Trinajstić information content (AvgIpc) is 2.74. The molecule has 1 fully saturated rings. The number of hydrogen-bond donors (Lipinski definition) is 0. The summed E-state index contributed by atoms with van der Waals surface area (Å²) in [7, 11) is 3.89. The van der Waals surface area contributed by atoms with Crippen LogP contribution in [-0.4, -0.2) is 52.2 Å². The molecule has 0 spiro atoms. The standard InChI is InChI=1S/C14H24N4O/c1-12-5-4-6-18(8-12)14(19)11-16(2)9-13-7-15-17(3)10-13/h7,10,12H,4-6,8-9,11H2,1-3H3. The topological polar surface area (TPSA) is 41.4 Å². The molecule has 1 atom stereocenters. The maximum atomic E-state index is 12.2. The van der Waals surface area contributed by atoms with Crippen LogP contribution in [0.3, 0.4) is 0 Å². The van der Waals surface area contributed by atoms with Crippen molar-refractivity contribution in [3.63, 3.8) is 0 Å². The molecule has 2 heterocycles. The van der Waals surface area contributed by atoms with E-state index in [9.17, 15) is 4.79 Å². The van der Waals surface area contributed by atoms with Crippen molar-refractivity contribution in [2.24, 2.45) is 13.0 Å². The third-order valence-electron chi connectivity index (χ3n) is 3.63. The molecule has 1 aromatic rings. The molecule has 0 N–H and O–H groups in total. The van der Waals surface area contributed by atoms with Gasteiger partial charge in [0.05, 0.1) is 12.7 Å². The molecular formula is C14H24N4O. The Labute approximate surface area is 115 Å². The molecule has 2 rings (SSSR count). The Kier molecular flexibility index (Phi) is 4.58. The van der Waals surface area contributed by atoms with Crippen LogP contribution in [0.15, 0.2) is 12.4 Å². The van der Waals surface area contributed by atoms with Crippen LogP contribution in [0.2, 0.25) is 0 Å². The van der Waals surface area contributed by atoms with E-state index in [0.717, 1.165) is 31.6 Å². The van der Waals surface area contributed by atoms with Crippen molar-refractivity contribution < 1.29 is 4.79 Å². The highest BCUT2D eigenvalue weighted by Crippen LogP contribution is 2.15. The first-order valence-electron chi connectivity index (χ1n) is 6.98. The van der Waals surface area contributed by atoms with Crippen LogP contribution in [0.25, 0.3) is 0 Å². The molecule has 1 aliphatic heterocycles. The molecule has 106 valence electrons. The number of nitrogens with zero attached hydrogens (tertiary/aromatic N) is 4. The van der Waals surface area contributed by atoms with E-state index in [-0.39, 0.29) is 5.91 Å². The average molecular weight is 264 g/mol. The van der Waals surface area contributed by atoms with Crippen molar-refractivity contribution in [3.05, 3.63) is 18.0 Å². The van der Waals surface area contributed by atoms with Gasteiger partial charge in [0.25, 0.3) is 0 Å². The molecule has 1 saturated heterocycles. The number of likely N-dealkylation sites (N-methyl/N-ethyl adjacent to an activating group) is 1. The van der Waals surface area contributed by atoms with Gasteiger partial charge in [0, 0.05) is 38.4 Å². The lowest BCUT2D eigenvalue weighted by molar-refractivity contribution is -0.133. The second kappa shape index (κ2) is 6.19. The highest BCUT2D eigenvalue weighted by atomic mass is 16.2. The summed E-state index contributed by atoms with van der Waals surface area (Å²) in [4.78, 5) is 16.3. The number of aryl methyl sites for hydroxylation is 1. The van der Waals surface area contributed by atoms with Crippen molar-refractivity contribution in [1.82, 2.24) is 19.6 Å². The lowest BCUT2D eigenvalue weighted by Gasteiger charge is -2.32. The molecule has 1 amide bonds. The van der Waals surface area contributed by atoms with E-state index in [2.05, 4.69) is 16.9 Å². The summed E-state index contributed by atoms with van der Waals surface area (Å²) in [5, 5.41) is 4.14. The fraction of sp³-hybridized carbons (Fsp3) is 0.714.